The molecule has 1 heterocycles. The quantitative estimate of drug-likeness (QED) is 0.276. The maximum atomic E-state index is 11.0. The van der Waals surface area contributed by atoms with Gasteiger partial charge in [0.1, 0.15) is 0 Å². The normalized spacial score (nSPS) is 23.0. The van der Waals surface area contributed by atoms with Crippen molar-refractivity contribution in [3.8, 4) is 0 Å². The number of fused-ring (bicyclic) bond motifs is 1. The van der Waals surface area contributed by atoms with E-state index in [1.165, 1.54) is 0 Å². The molecule has 0 spiro atoms. The predicted molar refractivity (Wildman–Crippen MR) is 35.7 cm³/mol. The SMILES string of the molecule is [O-]N1[I-][N+]([O-])=C2CC=CC=C21. The van der Waals surface area contributed by atoms with Crippen LogP contribution >= 0.6 is 0 Å². The first-order chi connectivity index (χ1) is 5.29. The van der Waals surface area contributed by atoms with Crippen molar-refractivity contribution in [1.82, 2.24) is 3.28 Å². The first kappa shape index (κ1) is 7.11. The summed E-state index contributed by atoms with van der Waals surface area (Å²) in [4.78, 5) is 0. The van der Waals surface area contributed by atoms with Gasteiger partial charge in [-0.2, -0.15) is 0 Å². The van der Waals surface area contributed by atoms with E-state index in [4.69, 9.17) is 0 Å². The average Bonchev–Trinajstić information content (AvgIpc) is 2.30. The van der Waals surface area contributed by atoms with Crippen molar-refractivity contribution in [2.75, 3.05) is 0 Å². The summed E-state index contributed by atoms with van der Waals surface area (Å²) >= 11 is -1.03. The van der Waals surface area contributed by atoms with Crippen molar-refractivity contribution >= 4 is 5.71 Å². The van der Waals surface area contributed by atoms with Crippen LogP contribution < -0.4 is 21.8 Å². The summed E-state index contributed by atoms with van der Waals surface area (Å²) < 4.78 is 1.67. The monoisotopic (exact) mass is 264 g/mol. The Labute approximate surface area is 74.6 Å². The molecule has 0 saturated carbocycles. The van der Waals surface area contributed by atoms with Crippen LogP contribution in [-0.2, 0) is 0 Å². The van der Waals surface area contributed by atoms with Gasteiger partial charge in [-0.05, 0) is 0 Å². The molecule has 0 aromatic carbocycles. The molecule has 0 aromatic heterocycles. The predicted octanol–water partition coefficient (Wildman–Crippen LogP) is -2.49. The number of hydrogen-bond donors (Lipinski definition) is 0. The molecule has 0 amide bonds. The Kier molecular flexibility index (Phi) is 1.61. The minimum absolute atomic E-state index is 0.565. The molecule has 4 nitrogen and oxygen atoms in total. The summed E-state index contributed by atoms with van der Waals surface area (Å²) in [5.41, 5.74) is 1.20. The van der Waals surface area contributed by atoms with Crippen molar-refractivity contribution in [2.24, 2.45) is 0 Å². The molecule has 1 aliphatic heterocycles. The third-order valence-electron chi connectivity index (χ3n) is 1.54. The fourth-order valence-electron chi connectivity index (χ4n) is 1.01. The average molecular weight is 264 g/mol. The van der Waals surface area contributed by atoms with E-state index in [-0.39, 0.29) is 0 Å². The molecule has 60 valence electrons. The Hall–Kier alpha value is -0.560. The zero-order valence-electron chi connectivity index (χ0n) is 5.53. The van der Waals surface area contributed by atoms with E-state index in [1.807, 2.05) is 12.2 Å². The summed E-state index contributed by atoms with van der Waals surface area (Å²) in [6.45, 7) is 0. The van der Waals surface area contributed by atoms with Crippen LogP contribution in [0.3, 0.4) is 0 Å². The van der Waals surface area contributed by atoms with Crippen molar-refractivity contribution in [1.29, 1.82) is 0 Å². The topological polar surface area (TPSA) is 52.4 Å². The first-order valence-corrected chi connectivity index (χ1v) is 5.05. The van der Waals surface area contributed by atoms with Crippen LogP contribution in [-0.4, -0.2) is 11.9 Å². The summed E-state index contributed by atoms with van der Waals surface area (Å²) in [6.07, 6.45) is 6.00. The van der Waals surface area contributed by atoms with Gasteiger partial charge in [0.15, 0.2) is 0 Å². The molecule has 1 aliphatic carbocycles. The zero-order valence-corrected chi connectivity index (χ0v) is 7.69. The van der Waals surface area contributed by atoms with Crippen LogP contribution in [0.15, 0.2) is 23.9 Å². The third-order valence-corrected chi connectivity index (χ3v) is 3.42. The Morgan fingerprint density at radius 2 is 2.45 bits per heavy atom. The molecule has 0 unspecified atom stereocenters. The van der Waals surface area contributed by atoms with Crippen LogP contribution in [0.5, 0.6) is 0 Å². The molecule has 0 aromatic rings. The fraction of sp³-hybridized carbons (Fsp3) is 0.167. The Morgan fingerprint density at radius 3 is 3.18 bits per heavy atom. The van der Waals surface area contributed by atoms with Gasteiger partial charge in [-0.1, -0.05) is 0 Å². The summed E-state index contributed by atoms with van der Waals surface area (Å²) in [6, 6.07) is 0. The van der Waals surface area contributed by atoms with Gasteiger partial charge in [0, 0.05) is 0 Å². The minimum atomic E-state index is -1.03. The van der Waals surface area contributed by atoms with Crippen LogP contribution in [0, 0.1) is 10.4 Å². The standard InChI is InChI=1S/C6H5IN2O2/c10-8-5-3-1-2-4-6(5)9(11)7-8/h1-3H,4H2/q-2. The van der Waals surface area contributed by atoms with Crippen LogP contribution in [0.1, 0.15) is 6.42 Å². The summed E-state index contributed by atoms with van der Waals surface area (Å²) in [5, 5.41) is 22.1. The number of hydroxylamine groups is 1. The van der Waals surface area contributed by atoms with E-state index < -0.39 is 21.8 Å². The molecule has 0 saturated heterocycles. The number of nitrogens with zero attached hydrogens (tertiary/aromatic N) is 2. The van der Waals surface area contributed by atoms with Gasteiger partial charge >= 0.3 is 74.5 Å². The Bertz CT molecular complexity index is 282. The molecule has 0 N–H and O–H groups in total. The zero-order chi connectivity index (χ0) is 7.84. The van der Waals surface area contributed by atoms with Gasteiger partial charge in [0.05, 0.1) is 0 Å². The third kappa shape index (κ3) is 1.04. The van der Waals surface area contributed by atoms with Crippen molar-refractivity contribution in [3.05, 3.63) is 34.3 Å². The number of allylic oxidation sites excluding steroid dienone is 4. The first-order valence-electron chi connectivity index (χ1n) is 3.12. The number of rotatable bonds is 0. The molecule has 5 heteroatoms. The second-order valence-corrected chi connectivity index (χ2v) is 4.38. The molecular formula is C6H5IN2O2-2. The second kappa shape index (κ2) is 2.49. The van der Waals surface area contributed by atoms with E-state index in [2.05, 4.69) is 0 Å². The molecular weight excluding hydrogens is 259 g/mol. The van der Waals surface area contributed by atoms with Gasteiger partial charge in [-0.25, -0.2) is 0 Å². The molecule has 11 heavy (non-hydrogen) atoms. The Balaban J connectivity index is 2.43. The van der Waals surface area contributed by atoms with E-state index in [1.54, 1.807) is 6.08 Å². The van der Waals surface area contributed by atoms with E-state index >= 15 is 0 Å². The van der Waals surface area contributed by atoms with Gasteiger partial charge in [0.2, 0.25) is 0 Å². The molecule has 2 aliphatic rings. The van der Waals surface area contributed by atoms with E-state index in [0.717, 1.165) is 6.23 Å². The van der Waals surface area contributed by atoms with E-state index in [0.29, 0.717) is 17.8 Å². The second-order valence-electron chi connectivity index (χ2n) is 2.20. The molecule has 0 fully saturated rings. The maximum absolute atomic E-state index is 11.0. The van der Waals surface area contributed by atoms with Gasteiger partial charge < -0.3 is 0 Å². The van der Waals surface area contributed by atoms with Crippen molar-refractivity contribution in [2.45, 2.75) is 6.42 Å². The molecule has 2 rings (SSSR count). The Morgan fingerprint density at radius 1 is 1.64 bits per heavy atom. The van der Waals surface area contributed by atoms with Gasteiger partial charge in [-0.3, -0.25) is 0 Å². The molecule has 0 radical (unpaired) electrons. The van der Waals surface area contributed by atoms with E-state index in [9.17, 15) is 10.4 Å². The van der Waals surface area contributed by atoms with Crippen molar-refractivity contribution < 1.29 is 24.7 Å². The number of hydrogen-bond acceptors (Lipinski definition) is 3. The molecule has 0 bridgehead atoms. The van der Waals surface area contributed by atoms with Crippen LogP contribution in [0.25, 0.3) is 0 Å². The molecule has 0 atom stereocenters. The van der Waals surface area contributed by atoms with Gasteiger partial charge in [0.25, 0.3) is 0 Å². The van der Waals surface area contributed by atoms with Gasteiger partial charge in [-0.15, -0.1) is 0 Å². The number of halogens is 1. The van der Waals surface area contributed by atoms with Crippen LogP contribution in [0.2, 0.25) is 0 Å². The van der Waals surface area contributed by atoms with Crippen molar-refractivity contribution in [3.63, 3.8) is 0 Å². The van der Waals surface area contributed by atoms with Crippen LogP contribution in [0.4, 0.5) is 0 Å². The summed E-state index contributed by atoms with van der Waals surface area (Å²) in [5.74, 6) is 0. The fourth-order valence-corrected chi connectivity index (χ4v) is 2.74. The summed E-state index contributed by atoms with van der Waals surface area (Å²) in [7, 11) is 0.